The van der Waals surface area contributed by atoms with E-state index >= 15 is 0 Å². The zero-order valence-corrected chi connectivity index (χ0v) is 12.7. The first-order valence-electron chi connectivity index (χ1n) is 6.22. The van der Waals surface area contributed by atoms with E-state index < -0.39 is 5.82 Å². The van der Waals surface area contributed by atoms with Crippen LogP contribution < -0.4 is 11.1 Å². The molecule has 0 unspecified atom stereocenters. The second-order valence-corrected chi connectivity index (χ2v) is 5.22. The standard InChI is InChI=1S/C15H14BrFN2O2/c16-12-4-2-1-3-10(12)8-21-9-15(20)19-14-6-5-11(17)7-13(14)18/h1-7H,8-9,18H2,(H,19,20). The first-order valence-corrected chi connectivity index (χ1v) is 7.01. The minimum atomic E-state index is -0.448. The number of nitrogen functional groups attached to an aromatic ring is 1. The number of ether oxygens (including phenoxy) is 1. The fourth-order valence-electron chi connectivity index (χ4n) is 1.70. The van der Waals surface area contributed by atoms with Crippen LogP contribution in [0.1, 0.15) is 5.56 Å². The zero-order chi connectivity index (χ0) is 15.2. The van der Waals surface area contributed by atoms with Gasteiger partial charge in [-0.25, -0.2) is 4.39 Å². The Labute approximate surface area is 130 Å². The summed E-state index contributed by atoms with van der Waals surface area (Å²) in [6, 6.07) is 11.4. The molecule has 0 aliphatic heterocycles. The number of benzene rings is 2. The lowest BCUT2D eigenvalue weighted by molar-refractivity contribution is -0.121. The molecule has 0 bridgehead atoms. The van der Waals surface area contributed by atoms with E-state index in [2.05, 4.69) is 21.2 Å². The Morgan fingerprint density at radius 1 is 1.29 bits per heavy atom. The van der Waals surface area contributed by atoms with Crippen LogP contribution in [0.5, 0.6) is 0 Å². The zero-order valence-electron chi connectivity index (χ0n) is 11.1. The highest BCUT2D eigenvalue weighted by atomic mass is 79.9. The van der Waals surface area contributed by atoms with Crippen molar-refractivity contribution in [3.63, 3.8) is 0 Å². The van der Waals surface area contributed by atoms with Crippen molar-refractivity contribution in [1.29, 1.82) is 0 Å². The Morgan fingerprint density at radius 3 is 2.76 bits per heavy atom. The van der Waals surface area contributed by atoms with Gasteiger partial charge in [-0.2, -0.15) is 0 Å². The quantitative estimate of drug-likeness (QED) is 0.811. The van der Waals surface area contributed by atoms with Gasteiger partial charge in [0.1, 0.15) is 12.4 Å². The van der Waals surface area contributed by atoms with E-state index in [0.29, 0.717) is 12.3 Å². The van der Waals surface area contributed by atoms with Crippen LogP contribution in [-0.2, 0) is 16.1 Å². The SMILES string of the molecule is Nc1cc(F)ccc1NC(=O)COCc1ccccc1Br. The molecule has 2 aromatic carbocycles. The van der Waals surface area contributed by atoms with Gasteiger partial charge in [0.25, 0.3) is 0 Å². The summed E-state index contributed by atoms with van der Waals surface area (Å²) in [4.78, 5) is 11.7. The van der Waals surface area contributed by atoms with Gasteiger partial charge in [0.15, 0.2) is 0 Å². The van der Waals surface area contributed by atoms with E-state index in [4.69, 9.17) is 10.5 Å². The molecule has 6 heteroatoms. The molecule has 21 heavy (non-hydrogen) atoms. The number of hydrogen-bond donors (Lipinski definition) is 2. The van der Waals surface area contributed by atoms with Crippen LogP contribution in [0.3, 0.4) is 0 Å². The molecule has 2 rings (SSSR count). The van der Waals surface area contributed by atoms with Crippen molar-refractivity contribution in [2.75, 3.05) is 17.7 Å². The summed E-state index contributed by atoms with van der Waals surface area (Å²) in [5, 5.41) is 2.57. The van der Waals surface area contributed by atoms with Crippen LogP contribution >= 0.6 is 15.9 Å². The summed E-state index contributed by atoms with van der Waals surface area (Å²) < 4.78 is 19.2. The fourth-order valence-corrected chi connectivity index (χ4v) is 2.10. The fraction of sp³-hybridized carbons (Fsp3) is 0.133. The molecule has 0 atom stereocenters. The van der Waals surface area contributed by atoms with Gasteiger partial charge in [-0.05, 0) is 29.8 Å². The Bertz CT molecular complexity index is 649. The Kier molecular flexibility index (Phi) is 5.30. The number of anilines is 2. The van der Waals surface area contributed by atoms with Gasteiger partial charge in [0.05, 0.1) is 18.0 Å². The maximum atomic E-state index is 12.9. The van der Waals surface area contributed by atoms with E-state index in [0.717, 1.165) is 16.1 Å². The van der Waals surface area contributed by atoms with Gasteiger partial charge in [-0.15, -0.1) is 0 Å². The molecule has 0 aliphatic carbocycles. The third kappa shape index (κ3) is 4.54. The average molecular weight is 353 g/mol. The molecular weight excluding hydrogens is 339 g/mol. The highest BCUT2D eigenvalue weighted by molar-refractivity contribution is 9.10. The number of carbonyl (C=O) groups excluding carboxylic acids is 1. The van der Waals surface area contributed by atoms with Gasteiger partial charge >= 0.3 is 0 Å². The molecule has 0 saturated carbocycles. The number of hydrogen-bond acceptors (Lipinski definition) is 3. The first-order chi connectivity index (χ1) is 10.1. The molecule has 0 spiro atoms. The van der Waals surface area contributed by atoms with E-state index in [1.54, 1.807) is 0 Å². The molecular formula is C15H14BrFN2O2. The number of halogens is 2. The third-order valence-electron chi connectivity index (χ3n) is 2.74. The number of rotatable bonds is 5. The molecule has 3 N–H and O–H groups in total. The monoisotopic (exact) mass is 352 g/mol. The number of amides is 1. The Hall–Kier alpha value is -1.92. The molecule has 0 saturated heterocycles. The lowest BCUT2D eigenvalue weighted by Crippen LogP contribution is -2.19. The Balaban J connectivity index is 1.84. The molecule has 0 fully saturated rings. The molecule has 0 heterocycles. The summed E-state index contributed by atoms with van der Waals surface area (Å²) in [6.07, 6.45) is 0. The predicted molar refractivity (Wildman–Crippen MR) is 83.2 cm³/mol. The number of carbonyl (C=O) groups is 1. The second kappa shape index (κ2) is 7.19. The van der Waals surface area contributed by atoms with Crippen LogP contribution in [0, 0.1) is 5.82 Å². The molecule has 4 nitrogen and oxygen atoms in total. The van der Waals surface area contributed by atoms with Crippen molar-refractivity contribution in [3.8, 4) is 0 Å². The molecule has 2 aromatic rings. The highest BCUT2D eigenvalue weighted by Crippen LogP contribution is 2.19. The van der Waals surface area contributed by atoms with Crippen molar-refractivity contribution >= 4 is 33.2 Å². The molecule has 1 amide bonds. The van der Waals surface area contributed by atoms with Crippen molar-refractivity contribution in [2.45, 2.75) is 6.61 Å². The smallest absolute Gasteiger partial charge is 0.250 e. The molecule has 0 aromatic heterocycles. The van der Waals surface area contributed by atoms with Gasteiger partial charge in [-0.3, -0.25) is 4.79 Å². The largest absolute Gasteiger partial charge is 0.397 e. The van der Waals surface area contributed by atoms with Crippen molar-refractivity contribution in [1.82, 2.24) is 0 Å². The third-order valence-corrected chi connectivity index (χ3v) is 3.51. The summed E-state index contributed by atoms with van der Waals surface area (Å²) >= 11 is 3.40. The number of nitrogens with one attached hydrogen (secondary N) is 1. The van der Waals surface area contributed by atoms with Crippen LogP contribution in [0.4, 0.5) is 15.8 Å². The second-order valence-electron chi connectivity index (χ2n) is 4.36. The van der Waals surface area contributed by atoms with E-state index in [9.17, 15) is 9.18 Å². The van der Waals surface area contributed by atoms with Crippen molar-refractivity contribution < 1.29 is 13.9 Å². The van der Waals surface area contributed by atoms with Crippen molar-refractivity contribution in [2.24, 2.45) is 0 Å². The van der Waals surface area contributed by atoms with Gasteiger partial charge in [0, 0.05) is 4.47 Å². The van der Waals surface area contributed by atoms with E-state index in [-0.39, 0.29) is 18.2 Å². The maximum Gasteiger partial charge on any atom is 0.250 e. The average Bonchev–Trinajstić information content (AvgIpc) is 2.44. The van der Waals surface area contributed by atoms with Crippen LogP contribution in [0.25, 0.3) is 0 Å². The van der Waals surface area contributed by atoms with Gasteiger partial charge in [-0.1, -0.05) is 34.1 Å². The normalized spacial score (nSPS) is 10.4. The maximum absolute atomic E-state index is 12.9. The number of nitrogens with two attached hydrogens (primary N) is 1. The van der Waals surface area contributed by atoms with E-state index in [1.807, 2.05) is 24.3 Å². The molecule has 0 radical (unpaired) electrons. The predicted octanol–water partition coefficient (Wildman–Crippen LogP) is 3.33. The van der Waals surface area contributed by atoms with Crippen LogP contribution in [0.15, 0.2) is 46.9 Å². The minimum absolute atomic E-state index is 0.113. The minimum Gasteiger partial charge on any atom is -0.397 e. The van der Waals surface area contributed by atoms with Gasteiger partial charge in [0.2, 0.25) is 5.91 Å². The highest BCUT2D eigenvalue weighted by Gasteiger charge is 2.07. The van der Waals surface area contributed by atoms with Gasteiger partial charge < -0.3 is 15.8 Å². The summed E-state index contributed by atoms with van der Waals surface area (Å²) in [5.41, 5.74) is 7.10. The first kappa shape index (κ1) is 15.5. The summed E-state index contributed by atoms with van der Waals surface area (Å²) in [5.74, 6) is -0.795. The molecule has 0 aliphatic rings. The van der Waals surface area contributed by atoms with Crippen LogP contribution in [0.2, 0.25) is 0 Å². The Morgan fingerprint density at radius 2 is 2.05 bits per heavy atom. The lowest BCUT2D eigenvalue weighted by Gasteiger charge is -2.09. The van der Waals surface area contributed by atoms with Crippen LogP contribution in [-0.4, -0.2) is 12.5 Å². The van der Waals surface area contributed by atoms with E-state index in [1.165, 1.54) is 12.1 Å². The lowest BCUT2D eigenvalue weighted by atomic mass is 10.2. The topological polar surface area (TPSA) is 64.3 Å². The summed E-state index contributed by atoms with van der Waals surface area (Å²) in [6.45, 7) is 0.200. The molecule has 110 valence electrons. The van der Waals surface area contributed by atoms with Crippen molar-refractivity contribution in [3.05, 3.63) is 58.3 Å². The summed E-state index contributed by atoms with van der Waals surface area (Å²) in [7, 11) is 0.